The molecule has 8 nitrogen and oxygen atoms in total. The molecule has 0 aliphatic rings. The average Bonchev–Trinajstić information content (AvgIpc) is 3.56. The second-order valence-electron chi connectivity index (χ2n) is 9.90. The van der Waals surface area contributed by atoms with Crippen LogP contribution in [0.3, 0.4) is 0 Å². The third-order valence-corrected chi connectivity index (χ3v) is 9.14. The summed E-state index contributed by atoms with van der Waals surface area (Å²) in [5.74, 6) is -0.256. The molecule has 0 aliphatic carbocycles. The van der Waals surface area contributed by atoms with Crippen LogP contribution in [-0.4, -0.2) is 53.5 Å². The lowest BCUT2D eigenvalue weighted by atomic mass is 9.98. The predicted molar refractivity (Wildman–Crippen MR) is 152 cm³/mol. The van der Waals surface area contributed by atoms with Gasteiger partial charge in [0.05, 0.1) is 18.0 Å². The molecule has 1 aromatic carbocycles. The highest BCUT2D eigenvalue weighted by Gasteiger charge is 2.39. The molecule has 2 aromatic heterocycles. The molecule has 1 atom stereocenters. The molecule has 0 spiro atoms. The van der Waals surface area contributed by atoms with Gasteiger partial charge in [0.1, 0.15) is 6.04 Å². The number of nitrogens with one attached hydrogen (secondary N) is 1. The van der Waals surface area contributed by atoms with Gasteiger partial charge in [0.15, 0.2) is 0 Å². The summed E-state index contributed by atoms with van der Waals surface area (Å²) in [7, 11) is -3.63. The largest absolute Gasteiger partial charge is 0.465 e. The van der Waals surface area contributed by atoms with Crippen LogP contribution in [0.5, 0.6) is 0 Å². The van der Waals surface area contributed by atoms with Crippen molar-refractivity contribution in [3.8, 4) is 0 Å². The second-order valence-corrected chi connectivity index (χ2v) is 13.7. The lowest BCUT2D eigenvalue weighted by Crippen LogP contribution is -2.57. The highest BCUT2D eigenvalue weighted by atomic mass is 32.2. The van der Waals surface area contributed by atoms with Crippen LogP contribution in [-0.2, 0) is 27.9 Å². The molecule has 2 N–H and O–H groups in total. The van der Waals surface area contributed by atoms with Gasteiger partial charge in [-0.2, -0.15) is 0 Å². The van der Waals surface area contributed by atoms with E-state index in [9.17, 15) is 23.1 Å². The van der Waals surface area contributed by atoms with Gasteiger partial charge < -0.3 is 10.0 Å². The van der Waals surface area contributed by atoms with Crippen molar-refractivity contribution in [2.75, 3.05) is 6.54 Å². The number of unbranched alkanes of at least 4 members (excludes halogenated alkanes) is 1. The van der Waals surface area contributed by atoms with E-state index in [1.165, 1.54) is 17.0 Å². The fourth-order valence-corrected chi connectivity index (χ4v) is 6.74. The Kier molecular flexibility index (Phi) is 10.5. The Balaban J connectivity index is 1.75. The molecule has 0 fully saturated rings. The first-order chi connectivity index (χ1) is 18.0. The van der Waals surface area contributed by atoms with Gasteiger partial charge in [-0.3, -0.25) is 9.69 Å². The second kappa shape index (κ2) is 13.4. The van der Waals surface area contributed by atoms with E-state index in [4.69, 9.17) is 0 Å². The summed E-state index contributed by atoms with van der Waals surface area (Å²) in [5.41, 5.74) is -0.807. The number of hydrogen-bond acceptors (Lipinski definition) is 6. The highest BCUT2D eigenvalue weighted by molar-refractivity contribution is 7.89. The first-order valence-electron chi connectivity index (χ1n) is 12.4. The van der Waals surface area contributed by atoms with Crippen LogP contribution in [0.1, 0.15) is 49.8 Å². The Labute approximate surface area is 233 Å². The number of carbonyl (C=O) groups is 2. The fourth-order valence-electron chi connectivity index (χ4n) is 4.21. The minimum atomic E-state index is -3.63. The molecular formula is C27H35N3O5S3. The van der Waals surface area contributed by atoms with Crippen molar-refractivity contribution < 1.29 is 23.1 Å². The third-order valence-electron chi connectivity index (χ3n) is 5.94. The van der Waals surface area contributed by atoms with Gasteiger partial charge in [-0.15, -0.1) is 22.7 Å². The van der Waals surface area contributed by atoms with Crippen LogP contribution >= 0.6 is 22.7 Å². The van der Waals surface area contributed by atoms with Crippen molar-refractivity contribution in [1.29, 1.82) is 0 Å². The number of carboxylic acid groups (broad SMARTS) is 1. The van der Waals surface area contributed by atoms with E-state index in [2.05, 4.69) is 4.72 Å². The van der Waals surface area contributed by atoms with Gasteiger partial charge in [0, 0.05) is 21.8 Å². The minimum absolute atomic E-state index is 0.189. The van der Waals surface area contributed by atoms with Gasteiger partial charge in [-0.05, 0) is 75.1 Å². The van der Waals surface area contributed by atoms with Crippen molar-refractivity contribution in [1.82, 2.24) is 14.5 Å². The van der Waals surface area contributed by atoms with Crippen molar-refractivity contribution in [3.05, 3.63) is 75.1 Å². The van der Waals surface area contributed by atoms with Crippen LogP contribution in [0.4, 0.5) is 4.79 Å². The standard InChI is InChI=1S/C27H35N3O5S3/c1-27(2,3)30(26(32)33)24(15-7-8-16-28-38(34,35)23-13-5-4-6-14-23)25(31)29(19-21-11-9-17-36-21)20-22-12-10-18-37-22/h4-6,9-14,17-18,24,28H,7-8,15-16,19-20H2,1-3H3,(H,32,33). The number of amides is 2. The van der Waals surface area contributed by atoms with Crippen molar-refractivity contribution >= 4 is 44.7 Å². The molecule has 3 rings (SSSR count). The lowest BCUT2D eigenvalue weighted by Gasteiger charge is -2.40. The molecule has 38 heavy (non-hydrogen) atoms. The van der Waals surface area contributed by atoms with Gasteiger partial charge >= 0.3 is 6.09 Å². The number of carbonyl (C=O) groups excluding carboxylic acids is 1. The van der Waals surface area contributed by atoms with Crippen molar-refractivity contribution in [2.24, 2.45) is 0 Å². The normalized spacial score (nSPS) is 12.7. The highest BCUT2D eigenvalue weighted by Crippen LogP contribution is 2.25. The van der Waals surface area contributed by atoms with Crippen LogP contribution in [0.25, 0.3) is 0 Å². The summed E-state index contributed by atoms with van der Waals surface area (Å²) in [6.07, 6.45) is 0.0525. The Morgan fingerprint density at radius 2 is 1.50 bits per heavy atom. The first-order valence-corrected chi connectivity index (χ1v) is 15.6. The average molecular weight is 578 g/mol. The zero-order valence-corrected chi connectivity index (χ0v) is 24.3. The van der Waals surface area contributed by atoms with Crippen molar-refractivity contribution in [3.63, 3.8) is 0 Å². The zero-order chi connectivity index (χ0) is 27.8. The SMILES string of the molecule is CC(C)(C)N(C(=O)O)C(CCCCNS(=O)(=O)c1ccccc1)C(=O)N(Cc1cccs1)Cc1cccs1. The van der Waals surface area contributed by atoms with E-state index in [-0.39, 0.29) is 23.8 Å². The monoisotopic (exact) mass is 577 g/mol. The molecule has 2 heterocycles. The summed E-state index contributed by atoms with van der Waals surface area (Å²) < 4.78 is 27.6. The molecule has 0 bridgehead atoms. The molecule has 1 unspecified atom stereocenters. The van der Waals surface area contributed by atoms with E-state index in [1.54, 1.807) is 66.5 Å². The Bertz CT molecular complexity index is 1220. The van der Waals surface area contributed by atoms with E-state index < -0.39 is 27.7 Å². The van der Waals surface area contributed by atoms with Gasteiger partial charge in [0.25, 0.3) is 0 Å². The molecule has 2 amide bonds. The summed E-state index contributed by atoms with van der Waals surface area (Å²) in [4.78, 5) is 31.6. The molecule has 0 aliphatic heterocycles. The minimum Gasteiger partial charge on any atom is -0.465 e. The first kappa shape index (κ1) is 29.8. The molecular weight excluding hydrogens is 543 g/mol. The van der Waals surface area contributed by atoms with E-state index in [0.717, 1.165) is 9.75 Å². The van der Waals surface area contributed by atoms with Gasteiger partial charge in [-0.25, -0.2) is 17.9 Å². The molecule has 0 radical (unpaired) electrons. The summed E-state index contributed by atoms with van der Waals surface area (Å²) in [5, 5.41) is 14.0. The van der Waals surface area contributed by atoms with Gasteiger partial charge in [-0.1, -0.05) is 30.3 Å². The topological polar surface area (TPSA) is 107 Å². The maximum atomic E-state index is 14.0. The molecule has 0 saturated heterocycles. The maximum Gasteiger partial charge on any atom is 0.408 e. The van der Waals surface area contributed by atoms with Crippen LogP contribution in [0.15, 0.2) is 70.3 Å². The Morgan fingerprint density at radius 3 is 1.97 bits per heavy atom. The number of sulfonamides is 1. The maximum absolute atomic E-state index is 14.0. The molecule has 3 aromatic rings. The van der Waals surface area contributed by atoms with Crippen LogP contribution in [0.2, 0.25) is 0 Å². The van der Waals surface area contributed by atoms with E-state index >= 15 is 0 Å². The Hall–Kier alpha value is -2.73. The number of nitrogens with zero attached hydrogens (tertiary/aromatic N) is 2. The summed E-state index contributed by atoms with van der Waals surface area (Å²) in [6.45, 7) is 6.29. The van der Waals surface area contributed by atoms with Crippen LogP contribution < -0.4 is 4.72 Å². The predicted octanol–water partition coefficient (Wildman–Crippen LogP) is 5.63. The van der Waals surface area contributed by atoms with Gasteiger partial charge in [0.2, 0.25) is 15.9 Å². The number of thiophene rings is 2. The third kappa shape index (κ3) is 8.39. The number of rotatable bonds is 13. The molecule has 11 heteroatoms. The lowest BCUT2D eigenvalue weighted by molar-refractivity contribution is -0.139. The van der Waals surface area contributed by atoms with Crippen LogP contribution in [0, 0.1) is 0 Å². The summed E-state index contributed by atoms with van der Waals surface area (Å²) >= 11 is 3.11. The smallest absolute Gasteiger partial charge is 0.408 e. The summed E-state index contributed by atoms with van der Waals surface area (Å²) in [6, 6.07) is 15.0. The van der Waals surface area contributed by atoms with E-state index in [1.807, 2.05) is 35.0 Å². The Morgan fingerprint density at radius 1 is 0.921 bits per heavy atom. The number of benzene rings is 1. The quantitative estimate of drug-likeness (QED) is 0.256. The molecule has 206 valence electrons. The number of hydrogen-bond donors (Lipinski definition) is 2. The zero-order valence-electron chi connectivity index (χ0n) is 21.9. The molecule has 0 saturated carbocycles. The van der Waals surface area contributed by atoms with E-state index in [0.29, 0.717) is 25.9 Å². The fraction of sp³-hybridized carbons (Fsp3) is 0.407. The van der Waals surface area contributed by atoms with Crippen molar-refractivity contribution in [2.45, 2.75) is 69.6 Å².